The van der Waals surface area contributed by atoms with Crippen LogP contribution in [0.5, 0.6) is 5.88 Å². The summed E-state index contributed by atoms with van der Waals surface area (Å²) < 4.78 is 62.1. The summed E-state index contributed by atoms with van der Waals surface area (Å²) in [7, 11) is -1.01. The number of ether oxygens (including phenoxy) is 1. The number of hydrogen-bond donors (Lipinski definition) is 3. The van der Waals surface area contributed by atoms with E-state index >= 15 is 0 Å². The number of anilines is 1. The average molecular weight is 638 g/mol. The van der Waals surface area contributed by atoms with E-state index in [9.17, 15) is 22.0 Å². The molecule has 0 saturated carbocycles. The molecule has 0 fully saturated rings. The van der Waals surface area contributed by atoms with Crippen LogP contribution in [0.15, 0.2) is 39.5 Å². The minimum atomic E-state index is -3.91. The highest BCUT2D eigenvalue weighted by Crippen LogP contribution is 2.38. The van der Waals surface area contributed by atoms with Gasteiger partial charge in [0.2, 0.25) is 5.88 Å². The molecule has 4 aromatic rings. The lowest BCUT2D eigenvalue weighted by Crippen LogP contribution is -2.30. The minimum Gasteiger partial charge on any atom is -0.480 e. The molecule has 2 aromatic carbocycles. The number of benzene rings is 2. The third-order valence-electron chi connectivity index (χ3n) is 6.54. The number of amidine groups is 1. The lowest BCUT2D eigenvalue weighted by Gasteiger charge is -2.22. The van der Waals surface area contributed by atoms with E-state index in [2.05, 4.69) is 25.0 Å². The molecule has 0 radical (unpaired) electrons. The summed E-state index contributed by atoms with van der Waals surface area (Å²) in [5.74, 6) is -1.75. The van der Waals surface area contributed by atoms with Crippen LogP contribution in [-0.2, 0) is 23.0 Å². The number of aromatic nitrogens is 3. The molecule has 3 heterocycles. The topological polar surface area (TPSA) is 154 Å². The second kappa shape index (κ2) is 11.1. The normalized spacial score (nSPS) is 15.2. The Hall–Kier alpha value is -3.85. The molecule has 0 aliphatic carbocycles. The number of nitrogens with one attached hydrogen (secondary N) is 2. The first kappa shape index (κ1) is 29.6. The summed E-state index contributed by atoms with van der Waals surface area (Å²) in [5.41, 5.74) is 6.83. The number of hydrogen-bond acceptors (Lipinski definition) is 8. The molecule has 16 heteroatoms. The fourth-order valence-corrected chi connectivity index (χ4v) is 5.93. The zero-order valence-corrected chi connectivity index (χ0v) is 24.6. The van der Waals surface area contributed by atoms with Crippen LogP contribution < -0.4 is 26.7 Å². The van der Waals surface area contributed by atoms with Crippen molar-refractivity contribution < 1.29 is 21.9 Å². The average Bonchev–Trinajstić information content (AvgIpc) is 3.03. The molecule has 0 amide bonds. The van der Waals surface area contributed by atoms with Gasteiger partial charge in [0.25, 0.3) is 15.6 Å². The standard InChI is InChI=1S/C26H23Cl2F2N7O4S/c1-32-20-19(22(31)36-42(3,39)40)16(27)7-12-10-33-18(6-11-4-13(29)8-14(30)5-11)24-34-23-15(26(38)37(24)21(12)20)9-17(28)25(35-23)41-2/h4-5,7-9,18,32-33H,6,10H2,1-3H3,(H2,31,36)/t18-/m0/s1. The van der Waals surface area contributed by atoms with Crippen molar-refractivity contribution in [3.8, 4) is 11.6 Å². The first-order valence-corrected chi connectivity index (χ1v) is 14.9. The van der Waals surface area contributed by atoms with Gasteiger partial charge in [-0.3, -0.25) is 9.36 Å². The summed E-state index contributed by atoms with van der Waals surface area (Å²) in [6, 6.07) is 5.25. The maximum absolute atomic E-state index is 14.2. The molecule has 220 valence electrons. The molecule has 1 atom stereocenters. The van der Waals surface area contributed by atoms with Gasteiger partial charge in [-0.1, -0.05) is 23.2 Å². The maximum atomic E-state index is 14.2. The number of fused-ring (bicyclic) bond motifs is 4. The number of rotatable bonds is 6. The molecular weight excluding hydrogens is 615 g/mol. The summed E-state index contributed by atoms with van der Waals surface area (Å²) in [6.45, 7) is 0.117. The largest absolute Gasteiger partial charge is 0.480 e. The summed E-state index contributed by atoms with van der Waals surface area (Å²) in [4.78, 5) is 23.2. The lowest BCUT2D eigenvalue weighted by molar-refractivity contribution is 0.399. The van der Waals surface area contributed by atoms with Crippen molar-refractivity contribution in [3.63, 3.8) is 0 Å². The Balaban J connectivity index is 1.87. The van der Waals surface area contributed by atoms with Gasteiger partial charge in [-0.05, 0) is 41.8 Å². The Morgan fingerprint density at radius 3 is 2.50 bits per heavy atom. The highest BCUT2D eigenvalue weighted by atomic mass is 35.5. The van der Waals surface area contributed by atoms with Gasteiger partial charge in [-0.2, -0.15) is 4.98 Å². The van der Waals surface area contributed by atoms with Crippen LogP contribution >= 0.6 is 23.2 Å². The third kappa shape index (κ3) is 5.50. The van der Waals surface area contributed by atoms with Gasteiger partial charge in [0.1, 0.15) is 28.3 Å². The zero-order valence-electron chi connectivity index (χ0n) is 22.3. The molecule has 0 spiro atoms. The van der Waals surface area contributed by atoms with Crippen LogP contribution in [0, 0.1) is 11.6 Å². The van der Waals surface area contributed by atoms with Crippen molar-refractivity contribution in [2.75, 3.05) is 25.7 Å². The van der Waals surface area contributed by atoms with Gasteiger partial charge in [0, 0.05) is 19.7 Å². The van der Waals surface area contributed by atoms with E-state index in [-0.39, 0.29) is 62.7 Å². The quantitative estimate of drug-likeness (QED) is 0.213. The fraction of sp³-hybridized carbons (Fsp3) is 0.231. The Morgan fingerprint density at radius 2 is 1.88 bits per heavy atom. The number of pyridine rings is 1. The van der Waals surface area contributed by atoms with E-state index in [1.807, 2.05) is 0 Å². The number of halogens is 4. The highest BCUT2D eigenvalue weighted by Gasteiger charge is 2.31. The molecule has 5 rings (SSSR count). The van der Waals surface area contributed by atoms with Crippen molar-refractivity contribution >= 4 is 55.8 Å². The predicted molar refractivity (Wildman–Crippen MR) is 156 cm³/mol. The Morgan fingerprint density at radius 1 is 1.19 bits per heavy atom. The number of sulfonamides is 1. The Bertz CT molecular complexity index is 1950. The number of nitrogens with zero attached hydrogens (tertiary/aromatic N) is 4. The van der Waals surface area contributed by atoms with Crippen molar-refractivity contribution in [2.45, 2.75) is 19.0 Å². The Labute approximate surface area is 248 Å². The molecule has 0 bridgehead atoms. The van der Waals surface area contributed by atoms with Crippen molar-refractivity contribution in [1.82, 2.24) is 19.9 Å². The number of nitrogens with two attached hydrogens (primary N) is 1. The van der Waals surface area contributed by atoms with E-state index in [1.54, 1.807) is 0 Å². The van der Waals surface area contributed by atoms with Gasteiger partial charge in [0.05, 0.1) is 46.8 Å². The molecule has 1 aliphatic rings. The van der Waals surface area contributed by atoms with Gasteiger partial charge < -0.3 is 21.1 Å². The first-order chi connectivity index (χ1) is 19.8. The predicted octanol–water partition coefficient (Wildman–Crippen LogP) is 3.47. The molecular formula is C26H23Cl2F2N7O4S. The molecule has 2 aromatic heterocycles. The van der Waals surface area contributed by atoms with Crippen molar-refractivity contribution in [2.24, 2.45) is 10.1 Å². The monoisotopic (exact) mass is 637 g/mol. The second-order valence-corrected chi connectivity index (χ2v) is 11.9. The van der Waals surface area contributed by atoms with E-state index in [0.717, 1.165) is 12.3 Å². The first-order valence-electron chi connectivity index (χ1n) is 12.3. The highest BCUT2D eigenvalue weighted by molar-refractivity contribution is 7.89. The van der Waals surface area contributed by atoms with Gasteiger partial charge >= 0.3 is 0 Å². The van der Waals surface area contributed by atoms with Gasteiger partial charge in [0.15, 0.2) is 5.65 Å². The number of methoxy groups -OCH3 is 1. The Kier molecular flexibility index (Phi) is 7.83. The molecule has 42 heavy (non-hydrogen) atoms. The van der Waals surface area contributed by atoms with Crippen LogP contribution in [0.2, 0.25) is 10.0 Å². The van der Waals surface area contributed by atoms with Crippen LogP contribution in [-0.4, -0.2) is 49.2 Å². The second-order valence-electron chi connectivity index (χ2n) is 9.45. The minimum absolute atomic E-state index is 0.0199. The summed E-state index contributed by atoms with van der Waals surface area (Å²) in [5, 5.41) is 6.43. The fourth-order valence-electron chi connectivity index (χ4n) is 4.93. The lowest BCUT2D eigenvalue weighted by atomic mass is 10.0. The van der Waals surface area contributed by atoms with Gasteiger partial charge in [-0.15, -0.1) is 4.40 Å². The van der Waals surface area contributed by atoms with Crippen LogP contribution in [0.1, 0.15) is 28.6 Å². The van der Waals surface area contributed by atoms with Crippen molar-refractivity contribution in [1.29, 1.82) is 0 Å². The van der Waals surface area contributed by atoms with Crippen LogP contribution in [0.4, 0.5) is 14.5 Å². The molecule has 0 unspecified atom stereocenters. The van der Waals surface area contributed by atoms with E-state index in [1.165, 1.54) is 43.0 Å². The summed E-state index contributed by atoms with van der Waals surface area (Å²) >= 11 is 12.9. The van der Waals surface area contributed by atoms with Crippen LogP contribution in [0.25, 0.3) is 16.7 Å². The van der Waals surface area contributed by atoms with Crippen molar-refractivity contribution in [3.05, 3.63) is 84.9 Å². The smallest absolute Gasteiger partial charge is 0.267 e. The third-order valence-corrected chi connectivity index (χ3v) is 7.63. The summed E-state index contributed by atoms with van der Waals surface area (Å²) in [6.07, 6.45) is 0.902. The molecule has 1 aliphatic heterocycles. The van der Waals surface area contributed by atoms with Gasteiger partial charge in [-0.25, -0.2) is 22.2 Å². The molecule has 11 nitrogen and oxygen atoms in total. The molecule has 0 saturated heterocycles. The molecule has 4 N–H and O–H groups in total. The van der Waals surface area contributed by atoms with Crippen LogP contribution in [0.3, 0.4) is 0 Å². The maximum Gasteiger partial charge on any atom is 0.267 e. The van der Waals surface area contributed by atoms with E-state index in [4.69, 9.17) is 33.7 Å². The zero-order chi connectivity index (χ0) is 30.5. The van der Waals surface area contributed by atoms with E-state index < -0.39 is 39.1 Å². The van der Waals surface area contributed by atoms with E-state index in [0.29, 0.717) is 11.1 Å². The SMILES string of the molecule is CNc1c(C(N)=NS(C)(=O)=O)c(Cl)cc2c1-n1c(nc3nc(OC)c(Cl)cc3c1=O)[C@H](Cc1cc(F)cc(F)c1)NC2.